The molecule has 2 aromatic rings. The number of ketones is 1. The lowest BCUT2D eigenvalue weighted by atomic mass is 9.95. The van der Waals surface area contributed by atoms with Crippen LogP contribution in [0.2, 0.25) is 0 Å². The molecule has 1 heterocycles. The number of Topliss-reactive ketones (excluding diaryl/α,β-unsaturated/α-hetero) is 1. The third-order valence-corrected chi connectivity index (χ3v) is 5.59. The summed E-state index contributed by atoms with van der Waals surface area (Å²) >= 11 is 0. The number of hydrogen-bond donors (Lipinski definition) is 1. The van der Waals surface area contributed by atoms with Crippen molar-refractivity contribution in [3.63, 3.8) is 0 Å². The molecule has 1 aliphatic heterocycles. The highest BCUT2D eigenvalue weighted by Crippen LogP contribution is 2.42. The van der Waals surface area contributed by atoms with E-state index in [9.17, 15) is 14.7 Å². The highest BCUT2D eigenvalue weighted by atomic mass is 16.5. The quantitative estimate of drug-likeness (QED) is 0.160. The number of carbonyl (C=O) groups excluding carboxylic acids is 2. The zero-order valence-electron chi connectivity index (χ0n) is 20.3. The minimum atomic E-state index is -0.804. The van der Waals surface area contributed by atoms with Crippen LogP contribution in [0.3, 0.4) is 0 Å². The predicted octanol–water partition coefficient (Wildman–Crippen LogP) is 4.12. The Morgan fingerprint density at radius 1 is 1.09 bits per heavy atom. The molecule has 1 fully saturated rings. The van der Waals surface area contributed by atoms with E-state index in [2.05, 4.69) is 6.58 Å². The van der Waals surface area contributed by atoms with Gasteiger partial charge in [-0.2, -0.15) is 0 Å². The van der Waals surface area contributed by atoms with Crippen molar-refractivity contribution in [1.29, 1.82) is 0 Å². The van der Waals surface area contributed by atoms with Gasteiger partial charge in [-0.05, 0) is 55.3 Å². The van der Waals surface area contributed by atoms with Crippen molar-refractivity contribution in [2.24, 2.45) is 0 Å². The predicted molar refractivity (Wildman–Crippen MR) is 132 cm³/mol. The van der Waals surface area contributed by atoms with Crippen molar-refractivity contribution in [1.82, 2.24) is 4.90 Å². The van der Waals surface area contributed by atoms with Gasteiger partial charge in [-0.25, -0.2) is 0 Å². The molecule has 186 valence electrons. The average Bonchev–Trinajstić information content (AvgIpc) is 3.13. The number of nitrogens with zero attached hydrogens (tertiary/aromatic N) is 1. The Morgan fingerprint density at radius 2 is 1.83 bits per heavy atom. The van der Waals surface area contributed by atoms with Gasteiger partial charge >= 0.3 is 0 Å². The molecule has 3 rings (SSSR count). The molecule has 0 aliphatic carbocycles. The summed E-state index contributed by atoms with van der Waals surface area (Å²) in [5, 5.41) is 11.2. The van der Waals surface area contributed by atoms with E-state index in [0.29, 0.717) is 54.6 Å². The Kier molecular flexibility index (Phi) is 8.92. The summed E-state index contributed by atoms with van der Waals surface area (Å²) in [5.74, 6) is -0.0812. The summed E-state index contributed by atoms with van der Waals surface area (Å²) in [6.07, 6.45) is 2.16. The summed E-state index contributed by atoms with van der Waals surface area (Å²) in [5.41, 5.74) is 1.03. The van der Waals surface area contributed by atoms with E-state index in [-0.39, 0.29) is 17.9 Å². The monoisotopic (exact) mass is 481 g/mol. The largest absolute Gasteiger partial charge is 0.507 e. The fraction of sp³-hybridized carbons (Fsp3) is 0.333. The van der Waals surface area contributed by atoms with Crippen LogP contribution in [0.5, 0.6) is 17.2 Å². The standard InChI is InChI=1S/C27H31NO7/c1-5-15-35-21-13-10-19(17-22(21)34-6-2)24-23(25(29)18-8-11-20(33-4)12-9-18)26(30)27(31)28(24)14-7-16-32-3/h5,8-13,17,24,29H,1,6-7,14-16H2,2-4H3/b25-23+. The minimum absolute atomic E-state index is 0.0137. The third-order valence-electron chi connectivity index (χ3n) is 5.59. The van der Waals surface area contributed by atoms with Crippen molar-refractivity contribution in [3.8, 4) is 17.2 Å². The molecule has 1 unspecified atom stereocenters. The number of aliphatic hydroxyl groups is 1. The number of benzene rings is 2. The summed E-state index contributed by atoms with van der Waals surface area (Å²) in [6.45, 7) is 6.91. The lowest BCUT2D eigenvalue weighted by Crippen LogP contribution is -2.31. The maximum atomic E-state index is 13.2. The number of methoxy groups -OCH3 is 2. The molecule has 1 aliphatic rings. The summed E-state index contributed by atoms with van der Waals surface area (Å²) in [4.78, 5) is 27.7. The molecule has 0 aromatic heterocycles. The van der Waals surface area contributed by atoms with Gasteiger partial charge in [0, 0.05) is 25.8 Å². The number of amides is 1. The van der Waals surface area contributed by atoms with Gasteiger partial charge in [0.1, 0.15) is 18.1 Å². The van der Waals surface area contributed by atoms with Crippen LogP contribution < -0.4 is 14.2 Å². The zero-order chi connectivity index (χ0) is 25.4. The van der Waals surface area contributed by atoms with Gasteiger partial charge in [0.15, 0.2) is 11.5 Å². The van der Waals surface area contributed by atoms with Gasteiger partial charge in [0.05, 0.1) is 25.3 Å². The molecule has 1 atom stereocenters. The number of aliphatic hydroxyl groups excluding tert-OH is 1. The first-order valence-corrected chi connectivity index (χ1v) is 11.4. The van der Waals surface area contributed by atoms with Crippen molar-refractivity contribution in [2.75, 3.05) is 40.6 Å². The Labute approximate surface area is 205 Å². The molecule has 2 aromatic carbocycles. The van der Waals surface area contributed by atoms with Crippen LogP contribution in [-0.4, -0.2) is 62.3 Å². The van der Waals surface area contributed by atoms with Gasteiger partial charge in [-0.1, -0.05) is 18.7 Å². The second kappa shape index (κ2) is 12.1. The summed E-state index contributed by atoms with van der Waals surface area (Å²) in [6, 6.07) is 11.1. The molecular weight excluding hydrogens is 450 g/mol. The van der Waals surface area contributed by atoms with Crippen molar-refractivity contribution in [2.45, 2.75) is 19.4 Å². The molecule has 0 spiro atoms. The number of carbonyl (C=O) groups is 2. The number of rotatable bonds is 12. The maximum absolute atomic E-state index is 13.2. The normalized spacial score (nSPS) is 16.9. The summed E-state index contributed by atoms with van der Waals surface area (Å²) < 4.78 is 21.8. The molecule has 0 radical (unpaired) electrons. The van der Waals surface area contributed by atoms with E-state index in [4.69, 9.17) is 18.9 Å². The molecule has 0 bridgehead atoms. The first-order chi connectivity index (χ1) is 17.0. The van der Waals surface area contributed by atoms with Crippen LogP contribution in [0.4, 0.5) is 0 Å². The summed E-state index contributed by atoms with van der Waals surface area (Å²) in [7, 11) is 3.12. The van der Waals surface area contributed by atoms with E-state index >= 15 is 0 Å². The Hall–Kier alpha value is -3.78. The van der Waals surface area contributed by atoms with Crippen molar-refractivity contribution < 1.29 is 33.6 Å². The molecule has 8 heteroatoms. The van der Waals surface area contributed by atoms with Crippen molar-refractivity contribution in [3.05, 3.63) is 71.8 Å². The van der Waals surface area contributed by atoms with Gasteiger partial charge in [-0.3, -0.25) is 9.59 Å². The number of hydrogen-bond acceptors (Lipinski definition) is 7. The second-order valence-electron chi connectivity index (χ2n) is 7.81. The lowest BCUT2D eigenvalue weighted by molar-refractivity contribution is -0.140. The third kappa shape index (κ3) is 5.66. The van der Waals surface area contributed by atoms with Gasteiger partial charge in [0.2, 0.25) is 0 Å². The first kappa shape index (κ1) is 25.8. The minimum Gasteiger partial charge on any atom is -0.507 e. The van der Waals surface area contributed by atoms with Gasteiger partial charge in [0.25, 0.3) is 11.7 Å². The van der Waals surface area contributed by atoms with Crippen LogP contribution in [0.25, 0.3) is 5.76 Å². The fourth-order valence-electron chi connectivity index (χ4n) is 3.97. The molecule has 1 N–H and O–H groups in total. The van der Waals surface area contributed by atoms with E-state index in [0.717, 1.165) is 0 Å². The maximum Gasteiger partial charge on any atom is 0.295 e. The molecule has 35 heavy (non-hydrogen) atoms. The van der Waals surface area contributed by atoms with Gasteiger partial charge < -0.3 is 29.0 Å². The molecular formula is C27H31NO7. The van der Waals surface area contributed by atoms with E-state index in [1.54, 1.807) is 62.8 Å². The lowest BCUT2D eigenvalue weighted by Gasteiger charge is -2.26. The van der Waals surface area contributed by atoms with Crippen LogP contribution in [0.1, 0.15) is 30.5 Å². The van der Waals surface area contributed by atoms with Crippen LogP contribution in [0, 0.1) is 0 Å². The van der Waals surface area contributed by atoms with Crippen LogP contribution in [-0.2, 0) is 14.3 Å². The highest BCUT2D eigenvalue weighted by molar-refractivity contribution is 6.46. The highest BCUT2D eigenvalue weighted by Gasteiger charge is 2.46. The van der Waals surface area contributed by atoms with E-state index in [1.165, 1.54) is 4.90 Å². The van der Waals surface area contributed by atoms with E-state index in [1.807, 2.05) is 6.92 Å². The fourth-order valence-corrected chi connectivity index (χ4v) is 3.97. The second-order valence-corrected chi connectivity index (χ2v) is 7.81. The zero-order valence-corrected chi connectivity index (χ0v) is 20.3. The van der Waals surface area contributed by atoms with E-state index < -0.39 is 17.7 Å². The average molecular weight is 482 g/mol. The molecule has 8 nitrogen and oxygen atoms in total. The van der Waals surface area contributed by atoms with Crippen molar-refractivity contribution >= 4 is 17.4 Å². The van der Waals surface area contributed by atoms with Crippen LogP contribution in [0.15, 0.2) is 60.7 Å². The molecule has 1 amide bonds. The number of likely N-dealkylation sites (tertiary alicyclic amines) is 1. The SMILES string of the molecule is C=CCOc1ccc(C2/C(=C(\O)c3ccc(OC)cc3)C(=O)C(=O)N2CCCOC)cc1OCC. The Bertz CT molecular complexity index is 1090. The van der Waals surface area contributed by atoms with Gasteiger partial charge in [-0.15, -0.1) is 0 Å². The van der Waals surface area contributed by atoms with Crippen LogP contribution >= 0.6 is 0 Å². The Balaban J connectivity index is 2.13. The molecule has 1 saturated heterocycles. The smallest absolute Gasteiger partial charge is 0.295 e. The Morgan fingerprint density at radius 3 is 2.46 bits per heavy atom. The number of ether oxygens (including phenoxy) is 4. The first-order valence-electron chi connectivity index (χ1n) is 11.4. The topological polar surface area (TPSA) is 94.5 Å². The molecule has 0 saturated carbocycles.